The van der Waals surface area contributed by atoms with Crippen molar-refractivity contribution >= 4 is 34.2 Å². The maximum Gasteiger partial charge on any atom is 0.309 e. The normalized spacial score (nSPS) is 11.6. The molecule has 0 atom stereocenters. The van der Waals surface area contributed by atoms with Crippen LogP contribution in [0.5, 0.6) is 0 Å². The second-order valence-electron chi connectivity index (χ2n) is 4.04. The van der Waals surface area contributed by atoms with E-state index in [2.05, 4.69) is 29.0 Å². The van der Waals surface area contributed by atoms with Gasteiger partial charge in [0, 0.05) is 4.88 Å². The van der Waals surface area contributed by atoms with Gasteiger partial charge < -0.3 is 4.74 Å². The van der Waals surface area contributed by atoms with Crippen LogP contribution in [0, 0.1) is 0 Å². The molecule has 0 unspecified atom stereocenters. The predicted octanol–water partition coefficient (Wildman–Crippen LogP) is 4.83. The van der Waals surface area contributed by atoms with Gasteiger partial charge in [-0.3, -0.25) is 4.79 Å². The van der Waals surface area contributed by atoms with Gasteiger partial charge in [-0.1, -0.05) is 12.1 Å². The topological polar surface area (TPSA) is 26.3 Å². The second kappa shape index (κ2) is 6.68. The molecule has 19 heavy (non-hydrogen) atoms. The predicted molar refractivity (Wildman–Crippen MR) is 82.5 cm³/mol. The fraction of sp³-hybridized carbons (Fsp3) is 0.267. The Morgan fingerprint density at radius 2 is 2.16 bits per heavy atom. The summed E-state index contributed by atoms with van der Waals surface area (Å²) in [5.74, 6) is -0.172. The van der Waals surface area contributed by atoms with Gasteiger partial charge in [0.2, 0.25) is 0 Å². The molecule has 2 nitrogen and oxygen atoms in total. The molecule has 0 aliphatic heterocycles. The Balaban J connectivity index is 2.16. The standard InChI is InChI=1S/C15H16O2S2/c1-3-17-14(16)7-6-11(2)12-8-10-19-15(12)13-5-4-9-18-13/h4-6,8-10H,3,7H2,1-2H3/b11-6+. The zero-order valence-corrected chi connectivity index (χ0v) is 12.6. The van der Waals surface area contributed by atoms with E-state index in [0.717, 1.165) is 5.57 Å². The average molecular weight is 292 g/mol. The molecular weight excluding hydrogens is 276 g/mol. The summed E-state index contributed by atoms with van der Waals surface area (Å²) in [6.07, 6.45) is 2.27. The molecule has 0 saturated heterocycles. The number of thiophene rings is 2. The average Bonchev–Trinajstić information content (AvgIpc) is 3.05. The molecule has 2 rings (SSSR count). The highest BCUT2D eigenvalue weighted by Gasteiger charge is 2.09. The number of ether oxygens (including phenoxy) is 1. The first-order chi connectivity index (χ1) is 9.22. The first kappa shape index (κ1) is 14.0. The van der Waals surface area contributed by atoms with Crippen molar-refractivity contribution in [2.45, 2.75) is 20.3 Å². The summed E-state index contributed by atoms with van der Waals surface area (Å²) in [6.45, 7) is 4.30. The van der Waals surface area contributed by atoms with Crippen molar-refractivity contribution < 1.29 is 9.53 Å². The summed E-state index contributed by atoms with van der Waals surface area (Å²) >= 11 is 3.47. The van der Waals surface area contributed by atoms with E-state index in [0.29, 0.717) is 13.0 Å². The summed E-state index contributed by atoms with van der Waals surface area (Å²) in [4.78, 5) is 13.9. The summed E-state index contributed by atoms with van der Waals surface area (Å²) in [6, 6.07) is 6.29. The second-order valence-corrected chi connectivity index (χ2v) is 5.90. The zero-order valence-electron chi connectivity index (χ0n) is 11.0. The van der Waals surface area contributed by atoms with Crippen molar-refractivity contribution in [3.63, 3.8) is 0 Å². The lowest BCUT2D eigenvalue weighted by Gasteiger charge is -2.03. The minimum Gasteiger partial charge on any atom is -0.466 e. The van der Waals surface area contributed by atoms with E-state index in [1.807, 2.05) is 19.9 Å². The molecule has 0 saturated carbocycles. The van der Waals surface area contributed by atoms with Crippen LogP contribution in [0.1, 0.15) is 25.8 Å². The van der Waals surface area contributed by atoms with Crippen LogP contribution in [-0.2, 0) is 9.53 Å². The monoisotopic (exact) mass is 292 g/mol. The Morgan fingerprint density at radius 3 is 2.84 bits per heavy atom. The molecule has 2 heterocycles. The van der Waals surface area contributed by atoms with E-state index in [1.54, 1.807) is 22.7 Å². The lowest BCUT2D eigenvalue weighted by Crippen LogP contribution is -2.01. The van der Waals surface area contributed by atoms with E-state index in [9.17, 15) is 4.79 Å². The van der Waals surface area contributed by atoms with Crippen LogP contribution in [0.25, 0.3) is 15.3 Å². The summed E-state index contributed by atoms with van der Waals surface area (Å²) < 4.78 is 4.93. The molecule has 0 aliphatic rings. The highest BCUT2D eigenvalue weighted by molar-refractivity contribution is 7.20. The van der Waals surface area contributed by atoms with Crippen molar-refractivity contribution in [3.8, 4) is 9.75 Å². The van der Waals surface area contributed by atoms with Crippen LogP contribution in [0.4, 0.5) is 0 Å². The van der Waals surface area contributed by atoms with Gasteiger partial charge in [0.1, 0.15) is 0 Å². The van der Waals surface area contributed by atoms with Crippen molar-refractivity contribution in [1.82, 2.24) is 0 Å². The Bertz CT molecular complexity index is 565. The summed E-state index contributed by atoms with van der Waals surface area (Å²) in [5.41, 5.74) is 2.33. The molecule has 0 bridgehead atoms. The van der Waals surface area contributed by atoms with Crippen LogP contribution in [0.15, 0.2) is 35.0 Å². The lowest BCUT2D eigenvalue weighted by molar-refractivity contribution is -0.142. The highest BCUT2D eigenvalue weighted by Crippen LogP contribution is 2.36. The molecule has 2 aromatic heterocycles. The lowest BCUT2D eigenvalue weighted by atomic mass is 10.1. The maximum atomic E-state index is 11.4. The molecule has 0 N–H and O–H groups in total. The van der Waals surface area contributed by atoms with Gasteiger partial charge >= 0.3 is 5.97 Å². The Hall–Kier alpha value is -1.39. The van der Waals surface area contributed by atoms with Crippen LogP contribution in [-0.4, -0.2) is 12.6 Å². The molecule has 4 heteroatoms. The minimum atomic E-state index is -0.172. The molecule has 0 fully saturated rings. The van der Waals surface area contributed by atoms with Crippen LogP contribution in [0.2, 0.25) is 0 Å². The van der Waals surface area contributed by atoms with Crippen molar-refractivity contribution in [3.05, 3.63) is 40.6 Å². The smallest absolute Gasteiger partial charge is 0.309 e. The first-order valence-corrected chi connectivity index (χ1v) is 7.92. The largest absolute Gasteiger partial charge is 0.466 e. The van der Waals surface area contributed by atoms with E-state index >= 15 is 0 Å². The summed E-state index contributed by atoms with van der Waals surface area (Å²) in [7, 11) is 0. The van der Waals surface area contributed by atoms with Gasteiger partial charge in [-0.2, -0.15) is 0 Å². The van der Waals surface area contributed by atoms with Gasteiger partial charge in [0.05, 0.1) is 17.9 Å². The molecule has 0 aliphatic carbocycles. The minimum absolute atomic E-state index is 0.172. The van der Waals surface area contributed by atoms with Crippen molar-refractivity contribution in [1.29, 1.82) is 0 Å². The molecule has 0 spiro atoms. The summed E-state index contributed by atoms with van der Waals surface area (Å²) in [5, 5.41) is 4.17. The number of hydrogen-bond acceptors (Lipinski definition) is 4. The molecule has 100 valence electrons. The quantitative estimate of drug-likeness (QED) is 0.738. The number of rotatable bonds is 5. The van der Waals surface area contributed by atoms with Gasteiger partial charge in [0.15, 0.2) is 0 Å². The van der Waals surface area contributed by atoms with Crippen molar-refractivity contribution in [2.24, 2.45) is 0 Å². The Labute approximate surface area is 121 Å². The van der Waals surface area contributed by atoms with Crippen LogP contribution >= 0.6 is 22.7 Å². The molecule has 2 aromatic rings. The number of esters is 1. The van der Waals surface area contributed by atoms with Gasteiger partial charge in [0.25, 0.3) is 0 Å². The fourth-order valence-corrected chi connectivity index (χ4v) is 3.63. The molecule has 0 aromatic carbocycles. The van der Waals surface area contributed by atoms with E-state index in [4.69, 9.17) is 4.74 Å². The fourth-order valence-electron chi connectivity index (χ4n) is 1.78. The third-order valence-corrected chi connectivity index (χ3v) is 4.68. The van der Waals surface area contributed by atoms with Gasteiger partial charge in [-0.05, 0) is 47.9 Å². The zero-order chi connectivity index (χ0) is 13.7. The molecule has 0 amide bonds. The van der Waals surface area contributed by atoms with Crippen LogP contribution in [0.3, 0.4) is 0 Å². The van der Waals surface area contributed by atoms with Crippen LogP contribution < -0.4 is 0 Å². The number of hydrogen-bond donors (Lipinski definition) is 0. The number of carbonyl (C=O) groups is 1. The Morgan fingerprint density at radius 1 is 1.32 bits per heavy atom. The first-order valence-electron chi connectivity index (χ1n) is 6.16. The third-order valence-electron chi connectivity index (χ3n) is 2.72. The van der Waals surface area contributed by atoms with E-state index in [-0.39, 0.29) is 5.97 Å². The van der Waals surface area contributed by atoms with E-state index < -0.39 is 0 Å². The third kappa shape index (κ3) is 3.55. The van der Waals surface area contributed by atoms with Gasteiger partial charge in [-0.25, -0.2) is 0 Å². The maximum absolute atomic E-state index is 11.4. The number of carbonyl (C=O) groups excluding carboxylic acids is 1. The van der Waals surface area contributed by atoms with E-state index in [1.165, 1.54) is 15.3 Å². The molecule has 0 radical (unpaired) electrons. The van der Waals surface area contributed by atoms with Crippen molar-refractivity contribution in [2.75, 3.05) is 6.61 Å². The van der Waals surface area contributed by atoms with Gasteiger partial charge in [-0.15, -0.1) is 22.7 Å². The molecular formula is C15H16O2S2. The SMILES string of the molecule is CCOC(=O)C/C=C(\C)c1ccsc1-c1cccs1. The Kier molecular flexibility index (Phi) is 4.93. The highest BCUT2D eigenvalue weighted by atomic mass is 32.1. The number of allylic oxidation sites excluding steroid dienone is 1.